The Morgan fingerprint density at radius 3 is 1.70 bits per heavy atom. The Hall–Kier alpha value is -2.92. The molecule has 3 aromatic carbocycles. The lowest BCUT2D eigenvalue weighted by Gasteiger charge is -2.12. The van der Waals surface area contributed by atoms with E-state index in [0.29, 0.717) is 12.8 Å². The first-order valence-electron chi connectivity index (χ1n) is 8.75. The summed E-state index contributed by atoms with van der Waals surface area (Å²) in [7, 11) is 0. The van der Waals surface area contributed by atoms with E-state index in [4.69, 9.17) is 5.73 Å². The summed E-state index contributed by atoms with van der Waals surface area (Å²) in [5, 5.41) is 2.85. The molecule has 0 aliphatic heterocycles. The Morgan fingerprint density at radius 2 is 1.26 bits per heavy atom. The first kappa shape index (κ1) is 18.9. The molecule has 0 spiro atoms. The molecule has 27 heavy (non-hydrogen) atoms. The quantitative estimate of drug-likeness (QED) is 0.575. The van der Waals surface area contributed by atoms with Crippen molar-refractivity contribution in [1.29, 1.82) is 0 Å². The van der Waals surface area contributed by atoms with Crippen LogP contribution in [0.4, 0.5) is 8.78 Å². The molecule has 0 unspecified atom stereocenters. The van der Waals surface area contributed by atoms with Crippen LogP contribution in [-0.2, 0) is 6.42 Å². The fourth-order valence-corrected chi connectivity index (χ4v) is 2.99. The van der Waals surface area contributed by atoms with Gasteiger partial charge in [-0.1, -0.05) is 41.6 Å². The van der Waals surface area contributed by atoms with E-state index in [1.54, 1.807) is 24.3 Å². The lowest BCUT2D eigenvalue weighted by Crippen LogP contribution is -2.23. The van der Waals surface area contributed by atoms with Gasteiger partial charge in [-0.2, -0.15) is 4.91 Å². The van der Waals surface area contributed by atoms with Gasteiger partial charge in [-0.25, -0.2) is 8.78 Å². The topological polar surface area (TPSA) is 55.4 Å². The SMILES string of the molecule is N[C@H](CCc1cc(-c2ccc(F)cc2)cc(-c2ccc(F)cc2)c1)CN=O. The zero-order chi connectivity index (χ0) is 19.2. The first-order chi connectivity index (χ1) is 13.0. The van der Waals surface area contributed by atoms with Gasteiger partial charge in [0.15, 0.2) is 0 Å². The molecule has 3 nitrogen and oxygen atoms in total. The van der Waals surface area contributed by atoms with Gasteiger partial charge in [0.05, 0.1) is 6.54 Å². The molecule has 0 heterocycles. The number of hydrogen-bond donors (Lipinski definition) is 1. The monoisotopic (exact) mass is 366 g/mol. The van der Waals surface area contributed by atoms with Crippen LogP contribution in [0.5, 0.6) is 0 Å². The fourth-order valence-electron chi connectivity index (χ4n) is 2.99. The van der Waals surface area contributed by atoms with Crippen molar-refractivity contribution in [3.63, 3.8) is 0 Å². The summed E-state index contributed by atoms with van der Waals surface area (Å²) in [6.45, 7) is 0.0858. The predicted octanol–water partition coefficient (Wildman–Crippen LogP) is 5.33. The highest BCUT2D eigenvalue weighted by atomic mass is 19.1. The lowest BCUT2D eigenvalue weighted by atomic mass is 9.94. The van der Waals surface area contributed by atoms with Crippen molar-refractivity contribution in [2.75, 3.05) is 6.54 Å². The van der Waals surface area contributed by atoms with E-state index in [-0.39, 0.29) is 24.2 Å². The van der Waals surface area contributed by atoms with Gasteiger partial charge in [-0.05, 0) is 71.0 Å². The van der Waals surface area contributed by atoms with Crippen LogP contribution in [-0.4, -0.2) is 12.6 Å². The molecule has 0 aliphatic carbocycles. The van der Waals surface area contributed by atoms with Gasteiger partial charge in [0.1, 0.15) is 11.6 Å². The Morgan fingerprint density at radius 1 is 0.778 bits per heavy atom. The van der Waals surface area contributed by atoms with Crippen molar-refractivity contribution in [2.24, 2.45) is 10.9 Å². The third kappa shape index (κ3) is 5.05. The minimum atomic E-state index is -0.291. The van der Waals surface area contributed by atoms with E-state index in [1.165, 1.54) is 24.3 Å². The number of nitrogens with two attached hydrogens (primary N) is 1. The second-order valence-electron chi connectivity index (χ2n) is 6.54. The van der Waals surface area contributed by atoms with Crippen LogP contribution < -0.4 is 5.73 Å². The Kier molecular flexibility index (Phi) is 6.04. The van der Waals surface area contributed by atoms with Gasteiger partial charge in [-0.3, -0.25) is 0 Å². The molecule has 3 aromatic rings. The van der Waals surface area contributed by atoms with Crippen molar-refractivity contribution in [3.8, 4) is 22.3 Å². The highest BCUT2D eigenvalue weighted by molar-refractivity contribution is 5.74. The number of nitrogens with zero attached hydrogens (tertiary/aromatic N) is 1. The summed E-state index contributed by atoms with van der Waals surface area (Å²) < 4.78 is 26.5. The molecule has 0 radical (unpaired) electrons. The molecule has 0 fully saturated rings. The van der Waals surface area contributed by atoms with Gasteiger partial charge >= 0.3 is 0 Å². The molecular formula is C22H20F2N2O. The van der Waals surface area contributed by atoms with E-state index >= 15 is 0 Å². The number of benzene rings is 3. The molecule has 0 saturated heterocycles. The van der Waals surface area contributed by atoms with Crippen molar-refractivity contribution in [3.05, 3.63) is 88.8 Å². The number of hydrogen-bond acceptors (Lipinski definition) is 3. The van der Waals surface area contributed by atoms with Gasteiger partial charge in [0.25, 0.3) is 0 Å². The molecule has 0 aromatic heterocycles. The van der Waals surface area contributed by atoms with E-state index in [9.17, 15) is 13.7 Å². The van der Waals surface area contributed by atoms with Gasteiger partial charge < -0.3 is 5.73 Å². The molecule has 0 bridgehead atoms. The van der Waals surface area contributed by atoms with Gasteiger partial charge in [0, 0.05) is 6.04 Å². The second-order valence-corrected chi connectivity index (χ2v) is 6.54. The molecule has 0 amide bonds. The molecule has 5 heteroatoms. The summed E-state index contributed by atoms with van der Waals surface area (Å²) in [5.74, 6) is -0.581. The second kappa shape index (κ2) is 8.64. The van der Waals surface area contributed by atoms with Crippen LogP contribution in [0.25, 0.3) is 22.3 Å². The van der Waals surface area contributed by atoms with Crippen molar-refractivity contribution in [1.82, 2.24) is 0 Å². The molecule has 3 rings (SSSR count). The maximum atomic E-state index is 13.3. The summed E-state index contributed by atoms with van der Waals surface area (Å²) in [5.41, 5.74) is 10.6. The first-order valence-corrected chi connectivity index (χ1v) is 8.75. The van der Waals surface area contributed by atoms with Crippen LogP contribution >= 0.6 is 0 Å². The average molecular weight is 366 g/mol. The number of nitroso groups, excluding NO2 is 1. The lowest BCUT2D eigenvalue weighted by molar-refractivity contribution is 0.622. The van der Waals surface area contributed by atoms with E-state index in [1.807, 2.05) is 18.2 Å². The summed E-state index contributed by atoms with van der Waals surface area (Å²) in [4.78, 5) is 10.4. The maximum Gasteiger partial charge on any atom is 0.123 e. The largest absolute Gasteiger partial charge is 0.326 e. The van der Waals surface area contributed by atoms with Crippen molar-refractivity contribution in [2.45, 2.75) is 18.9 Å². The number of aryl methyl sites for hydroxylation is 1. The molecule has 138 valence electrons. The summed E-state index contributed by atoms with van der Waals surface area (Å²) in [6, 6.07) is 18.4. The minimum absolute atomic E-state index is 0.0858. The minimum Gasteiger partial charge on any atom is -0.326 e. The summed E-state index contributed by atoms with van der Waals surface area (Å²) in [6.07, 6.45) is 1.31. The van der Waals surface area contributed by atoms with Crippen molar-refractivity contribution < 1.29 is 8.78 Å². The Balaban J connectivity index is 1.97. The van der Waals surface area contributed by atoms with Crippen LogP contribution in [0.2, 0.25) is 0 Å². The molecular weight excluding hydrogens is 346 g/mol. The highest BCUT2D eigenvalue weighted by Gasteiger charge is 2.09. The van der Waals surface area contributed by atoms with Crippen LogP contribution in [0, 0.1) is 16.5 Å². The van der Waals surface area contributed by atoms with Crippen molar-refractivity contribution >= 4 is 0 Å². The number of rotatable bonds is 7. The normalized spacial score (nSPS) is 12.0. The smallest absolute Gasteiger partial charge is 0.123 e. The third-order valence-corrected chi connectivity index (χ3v) is 4.46. The van der Waals surface area contributed by atoms with Crippen LogP contribution in [0.1, 0.15) is 12.0 Å². The van der Waals surface area contributed by atoms with E-state index < -0.39 is 0 Å². The zero-order valence-electron chi connectivity index (χ0n) is 14.7. The standard InChI is InChI=1S/C22H20F2N2O/c23-20-6-2-16(3-7-20)18-11-15(1-10-22(25)14-26-27)12-19(13-18)17-4-8-21(24)9-5-17/h2-9,11-13,22H,1,10,14,25H2/t22-/m1/s1. The maximum absolute atomic E-state index is 13.3. The highest BCUT2D eigenvalue weighted by Crippen LogP contribution is 2.29. The predicted molar refractivity (Wildman–Crippen MR) is 104 cm³/mol. The molecule has 0 saturated carbocycles. The molecule has 2 N–H and O–H groups in total. The molecule has 0 aliphatic rings. The van der Waals surface area contributed by atoms with E-state index in [2.05, 4.69) is 5.18 Å². The number of halogens is 2. The van der Waals surface area contributed by atoms with Gasteiger partial charge in [0.2, 0.25) is 0 Å². The van der Waals surface area contributed by atoms with Crippen LogP contribution in [0.3, 0.4) is 0 Å². The zero-order valence-corrected chi connectivity index (χ0v) is 14.7. The molecule has 1 atom stereocenters. The third-order valence-electron chi connectivity index (χ3n) is 4.46. The van der Waals surface area contributed by atoms with Crippen LogP contribution in [0.15, 0.2) is 71.9 Å². The Bertz CT molecular complexity index is 845. The Labute approximate surface area is 156 Å². The summed E-state index contributed by atoms with van der Waals surface area (Å²) >= 11 is 0. The van der Waals surface area contributed by atoms with Gasteiger partial charge in [-0.15, -0.1) is 0 Å². The fraction of sp³-hybridized carbons (Fsp3) is 0.182. The average Bonchev–Trinajstić information content (AvgIpc) is 2.67. The van der Waals surface area contributed by atoms with E-state index in [0.717, 1.165) is 27.8 Å².